The van der Waals surface area contributed by atoms with E-state index in [-0.39, 0.29) is 17.0 Å². The van der Waals surface area contributed by atoms with Crippen molar-refractivity contribution < 1.29 is 30.6 Å². The number of halogens is 1. The van der Waals surface area contributed by atoms with Gasteiger partial charge in [-0.15, -0.1) is 17.0 Å². The molecule has 0 bridgehead atoms. The van der Waals surface area contributed by atoms with E-state index in [1.807, 2.05) is 0 Å². The molecule has 0 radical (unpaired) electrons. The lowest BCUT2D eigenvalue weighted by Gasteiger charge is -2.24. The van der Waals surface area contributed by atoms with Crippen molar-refractivity contribution in [1.82, 2.24) is 0 Å². The summed E-state index contributed by atoms with van der Waals surface area (Å²) in [7, 11) is 0. The predicted molar refractivity (Wildman–Crippen MR) is 48.5 cm³/mol. The zero-order valence-electron chi connectivity index (χ0n) is 6.82. The summed E-state index contributed by atoms with van der Waals surface area (Å²) in [5.74, 6) is 0. The minimum atomic E-state index is -1.67. The van der Waals surface area contributed by atoms with Gasteiger partial charge in [-0.25, -0.2) is 0 Å². The number of aliphatic hydroxyl groups is 6. The molecule has 0 aromatic rings. The van der Waals surface area contributed by atoms with E-state index in [1.165, 1.54) is 0 Å². The van der Waals surface area contributed by atoms with Gasteiger partial charge in [-0.1, -0.05) is 0 Å². The van der Waals surface area contributed by atoms with E-state index in [4.69, 9.17) is 30.6 Å². The molecule has 6 N–H and O–H groups in total. The van der Waals surface area contributed by atoms with Crippen LogP contribution in [-0.4, -0.2) is 68.3 Å². The molecule has 0 fully saturated rings. The molecule has 0 rings (SSSR count). The standard InChI is InChI=1S/C6H14O6.BrH/c7-1-3(9)5(11)6(12)4(10)2-8;/h3-12H,1-2H2;1H. The first kappa shape index (κ1) is 15.7. The average Bonchev–Trinajstić information content (AvgIpc) is 2.12. The van der Waals surface area contributed by atoms with Gasteiger partial charge in [0, 0.05) is 0 Å². The van der Waals surface area contributed by atoms with Crippen LogP contribution in [0.5, 0.6) is 0 Å². The SMILES string of the molecule is Br.OCC(O)C(O)C(O)C(O)CO. The smallest absolute Gasteiger partial charge is 0.111 e. The van der Waals surface area contributed by atoms with Crippen molar-refractivity contribution in [1.29, 1.82) is 0 Å². The van der Waals surface area contributed by atoms with Gasteiger partial charge < -0.3 is 30.6 Å². The van der Waals surface area contributed by atoms with Crippen molar-refractivity contribution in [2.75, 3.05) is 13.2 Å². The first-order valence-corrected chi connectivity index (χ1v) is 3.48. The lowest BCUT2D eigenvalue weighted by molar-refractivity contribution is -0.123. The van der Waals surface area contributed by atoms with Gasteiger partial charge in [-0.3, -0.25) is 0 Å². The highest BCUT2D eigenvalue weighted by Gasteiger charge is 2.29. The Hall–Kier alpha value is 0.240. The normalized spacial score (nSPS) is 19.8. The fourth-order valence-corrected chi connectivity index (χ4v) is 0.671. The summed E-state index contributed by atoms with van der Waals surface area (Å²) in [5, 5.41) is 52.2. The van der Waals surface area contributed by atoms with Crippen LogP contribution < -0.4 is 0 Å². The molecule has 4 atom stereocenters. The van der Waals surface area contributed by atoms with Crippen LogP contribution in [0.25, 0.3) is 0 Å². The molecule has 0 aromatic heterocycles. The van der Waals surface area contributed by atoms with Crippen molar-refractivity contribution in [3.05, 3.63) is 0 Å². The van der Waals surface area contributed by atoms with E-state index in [1.54, 1.807) is 0 Å². The van der Waals surface area contributed by atoms with Crippen molar-refractivity contribution in [2.45, 2.75) is 24.4 Å². The minimum absolute atomic E-state index is 0. The van der Waals surface area contributed by atoms with Crippen LogP contribution in [-0.2, 0) is 0 Å². The first-order chi connectivity index (χ1) is 5.54. The highest BCUT2D eigenvalue weighted by atomic mass is 79.9. The van der Waals surface area contributed by atoms with E-state index in [2.05, 4.69) is 0 Å². The van der Waals surface area contributed by atoms with Crippen LogP contribution in [0.2, 0.25) is 0 Å². The number of hydrogen-bond acceptors (Lipinski definition) is 6. The Morgan fingerprint density at radius 2 is 0.923 bits per heavy atom. The maximum Gasteiger partial charge on any atom is 0.111 e. The monoisotopic (exact) mass is 262 g/mol. The van der Waals surface area contributed by atoms with Gasteiger partial charge in [0.15, 0.2) is 0 Å². The van der Waals surface area contributed by atoms with Gasteiger partial charge in [-0.05, 0) is 0 Å². The second kappa shape index (κ2) is 7.63. The van der Waals surface area contributed by atoms with Crippen LogP contribution in [0.15, 0.2) is 0 Å². The molecule has 0 aliphatic heterocycles. The van der Waals surface area contributed by atoms with Crippen LogP contribution in [0.1, 0.15) is 0 Å². The minimum Gasteiger partial charge on any atom is -0.394 e. The average molecular weight is 263 g/mol. The van der Waals surface area contributed by atoms with Crippen molar-refractivity contribution in [3.8, 4) is 0 Å². The second-order valence-corrected chi connectivity index (χ2v) is 2.48. The zero-order valence-corrected chi connectivity index (χ0v) is 8.53. The molecule has 0 heterocycles. The largest absolute Gasteiger partial charge is 0.394 e. The van der Waals surface area contributed by atoms with Gasteiger partial charge in [0.05, 0.1) is 13.2 Å². The fourth-order valence-electron chi connectivity index (χ4n) is 0.671. The third-order valence-electron chi connectivity index (χ3n) is 1.51. The summed E-state index contributed by atoms with van der Waals surface area (Å²) >= 11 is 0. The summed E-state index contributed by atoms with van der Waals surface area (Å²) in [4.78, 5) is 0. The maximum atomic E-state index is 8.96. The Bertz CT molecular complexity index is 110. The van der Waals surface area contributed by atoms with Gasteiger partial charge in [0.25, 0.3) is 0 Å². The Labute approximate surface area is 85.8 Å². The van der Waals surface area contributed by atoms with Crippen molar-refractivity contribution in [3.63, 3.8) is 0 Å². The van der Waals surface area contributed by atoms with Crippen LogP contribution >= 0.6 is 17.0 Å². The Kier molecular flexibility index (Phi) is 9.21. The number of hydrogen-bond donors (Lipinski definition) is 6. The Balaban J connectivity index is 0. The molecule has 0 saturated carbocycles. The summed E-state index contributed by atoms with van der Waals surface area (Å²) in [6, 6.07) is 0. The fraction of sp³-hybridized carbons (Fsp3) is 1.00. The molecule has 0 aliphatic carbocycles. The number of rotatable bonds is 5. The van der Waals surface area contributed by atoms with E-state index in [0.29, 0.717) is 0 Å². The van der Waals surface area contributed by atoms with E-state index in [0.717, 1.165) is 0 Å². The molecule has 6 nitrogen and oxygen atoms in total. The summed E-state index contributed by atoms with van der Waals surface area (Å²) in [5.41, 5.74) is 0. The zero-order chi connectivity index (χ0) is 9.72. The molecular weight excluding hydrogens is 248 g/mol. The molecule has 0 amide bonds. The van der Waals surface area contributed by atoms with Gasteiger partial charge >= 0.3 is 0 Å². The molecule has 7 heteroatoms. The van der Waals surface area contributed by atoms with Gasteiger partial charge in [0.1, 0.15) is 24.4 Å². The topological polar surface area (TPSA) is 121 Å². The quantitative estimate of drug-likeness (QED) is 0.314. The third-order valence-corrected chi connectivity index (χ3v) is 1.51. The predicted octanol–water partition coefficient (Wildman–Crippen LogP) is -3.01. The van der Waals surface area contributed by atoms with Crippen LogP contribution in [0.3, 0.4) is 0 Å². The highest BCUT2D eigenvalue weighted by Crippen LogP contribution is 2.03. The summed E-state index contributed by atoms with van der Waals surface area (Å²) < 4.78 is 0. The Morgan fingerprint density at radius 1 is 0.692 bits per heavy atom. The molecule has 0 spiro atoms. The lowest BCUT2D eigenvalue weighted by Crippen LogP contribution is -2.46. The molecular formula is C6H15BrO6. The van der Waals surface area contributed by atoms with Gasteiger partial charge in [-0.2, -0.15) is 0 Å². The molecule has 0 aromatic carbocycles. The van der Waals surface area contributed by atoms with E-state index in [9.17, 15) is 0 Å². The van der Waals surface area contributed by atoms with Gasteiger partial charge in [0.2, 0.25) is 0 Å². The highest BCUT2D eigenvalue weighted by molar-refractivity contribution is 8.93. The van der Waals surface area contributed by atoms with Crippen molar-refractivity contribution >= 4 is 17.0 Å². The van der Waals surface area contributed by atoms with Crippen LogP contribution in [0, 0.1) is 0 Å². The molecule has 13 heavy (non-hydrogen) atoms. The summed E-state index contributed by atoms with van der Waals surface area (Å²) in [6.45, 7) is -1.45. The Morgan fingerprint density at radius 3 is 1.08 bits per heavy atom. The van der Waals surface area contributed by atoms with Crippen molar-refractivity contribution in [2.24, 2.45) is 0 Å². The number of aliphatic hydroxyl groups excluding tert-OH is 6. The molecule has 0 saturated heterocycles. The lowest BCUT2D eigenvalue weighted by atomic mass is 10.0. The third kappa shape index (κ3) is 4.87. The first-order valence-electron chi connectivity index (χ1n) is 3.48. The molecule has 82 valence electrons. The van der Waals surface area contributed by atoms with Crippen LogP contribution in [0.4, 0.5) is 0 Å². The summed E-state index contributed by atoms with van der Waals surface area (Å²) in [6.07, 6.45) is -6.39. The second-order valence-electron chi connectivity index (χ2n) is 2.48. The maximum absolute atomic E-state index is 8.96. The van der Waals surface area contributed by atoms with E-state index < -0.39 is 37.6 Å². The molecule has 0 aliphatic rings. The van der Waals surface area contributed by atoms with E-state index >= 15 is 0 Å². The molecule has 4 unspecified atom stereocenters.